The van der Waals surface area contributed by atoms with Gasteiger partial charge in [-0.15, -0.1) is 0 Å². The van der Waals surface area contributed by atoms with E-state index in [0.717, 1.165) is 37.9 Å². The van der Waals surface area contributed by atoms with E-state index in [2.05, 4.69) is 24.4 Å². The quantitative estimate of drug-likeness (QED) is 0.662. The molecule has 1 saturated carbocycles. The molecule has 0 saturated heterocycles. The van der Waals surface area contributed by atoms with Crippen molar-refractivity contribution in [2.45, 2.75) is 45.1 Å². The maximum Gasteiger partial charge on any atom is 0.119 e. The van der Waals surface area contributed by atoms with Crippen molar-refractivity contribution in [2.75, 3.05) is 26.9 Å². The van der Waals surface area contributed by atoms with Gasteiger partial charge in [0.25, 0.3) is 0 Å². The van der Waals surface area contributed by atoms with Gasteiger partial charge in [0.1, 0.15) is 5.75 Å². The van der Waals surface area contributed by atoms with E-state index in [1.807, 2.05) is 19.2 Å². The van der Waals surface area contributed by atoms with E-state index >= 15 is 0 Å². The Balaban J connectivity index is 1.73. The second kappa shape index (κ2) is 9.06. The smallest absolute Gasteiger partial charge is 0.119 e. The summed E-state index contributed by atoms with van der Waals surface area (Å²) in [5.41, 5.74) is 1.25. The van der Waals surface area contributed by atoms with Crippen LogP contribution in [0.25, 0.3) is 0 Å². The summed E-state index contributed by atoms with van der Waals surface area (Å²) in [5, 5.41) is 3.33. The lowest BCUT2D eigenvalue weighted by molar-refractivity contribution is 0.0904. The normalized spacial score (nSPS) is 16.5. The SMILES string of the molecule is CCCOc1ccc(C(COCCC2CCC2)NC)cc1. The molecule has 1 N–H and O–H groups in total. The molecule has 0 aliphatic heterocycles. The predicted molar refractivity (Wildman–Crippen MR) is 86.8 cm³/mol. The molecule has 1 aliphatic carbocycles. The Kier molecular flexibility index (Phi) is 7.04. The topological polar surface area (TPSA) is 30.5 Å². The van der Waals surface area contributed by atoms with Gasteiger partial charge in [-0.05, 0) is 43.5 Å². The zero-order chi connectivity index (χ0) is 14.9. The van der Waals surface area contributed by atoms with Crippen molar-refractivity contribution in [1.29, 1.82) is 0 Å². The number of nitrogens with one attached hydrogen (secondary N) is 1. The molecule has 118 valence electrons. The lowest BCUT2D eigenvalue weighted by Crippen LogP contribution is -2.23. The molecule has 0 radical (unpaired) electrons. The third-order valence-electron chi connectivity index (χ3n) is 4.28. The number of hydrogen-bond donors (Lipinski definition) is 1. The first-order chi connectivity index (χ1) is 10.3. The van der Waals surface area contributed by atoms with Crippen molar-refractivity contribution in [1.82, 2.24) is 5.32 Å². The first-order valence-electron chi connectivity index (χ1n) is 8.31. The molecule has 1 aliphatic rings. The molecular weight excluding hydrogens is 262 g/mol. The highest BCUT2D eigenvalue weighted by Gasteiger charge is 2.17. The Labute approximate surface area is 129 Å². The molecule has 0 aromatic heterocycles. The molecule has 3 nitrogen and oxygen atoms in total. The number of hydrogen-bond acceptors (Lipinski definition) is 3. The number of benzene rings is 1. The molecule has 0 amide bonds. The highest BCUT2D eigenvalue weighted by Crippen LogP contribution is 2.29. The Hall–Kier alpha value is -1.06. The van der Waals surface area contributed by atoms with Crippen LogP contribution in [0, 0.1) is 5.92 Å². The van der Waals surface area contributed by atoms with Gasteiger partial charge < -0.3 is 14.8 Å². The minimum atomic E-state index is 0.256. The second-order valence-corrected chi connectivity index (χ2v) is 5.92. The first kappa shape index (κ1) is 16.3. The molecular formula is C18H29NO2. The average Bonchev–Trinajstić information content (AvgIpc) is 2.48. The van der Waals surface area contributed by atoms with Crippen LogP contribution in [0.5, 0.6) is 5.75 Å². The van der Waals surface area contributed by atoms with Crippen LogP contribution in [0.4, 0.5) is 0 Å². The van der Waals surface area contributed by atoms with Gasteiger partial charge in [-0.25, -0.2) is 0 Å². The third-order valence-corrected chi connectivity index (χ3v) is 4.28. The Morgan fingerprint density at radius 2 is 1.95 bits per heavy atom. The molecule has 1 unspecified atom stereocenters. The van der Waals surface area contributed by atoms with E-state index in [1.165, 1.54) is 31.2 Å². The Morgan fingerprint density at radius 3 is 2.52 bits per heavy atom. The van der Waals surface area contributed by atoms with E-state index < -0.39 is 0 Å². The number of ether oxygens (including phenoxy) is 2. The van der Waals surface area contributed by atoms with Gasteiger partial charge in [-0.1, -0.05) is 38.3 Å². The molecule has 1 aromatic carbocycles. The van der Waals surface area contributed by atoms with Crippen molar-refractivity contribution in [3.8, 4) is 5.75 Å². The zero-order valence-electron chi connectivity index (χ0n) is 13.4. The van der Waals surface area contributed by atoms with Crippen LogP contribution in [0.15, 0.2) is 24.3 Å². The summed E-state index contributed by atoms with van der Waals surface area (Å²) in [6.45, 7) is 4.52. The van der Waals surface area contributed by atoms with E-state index in [0.29, 0.717) is 0 Å². The van der Waals surface area contributed by atoms with E-state index in [4.69, 9.17) is 9.47 Å². The number of rotatable bonds is 10. The van der Waals surface area contributed by atoms with Gasteiger partial charge in [-0.3, -0.25) is 0 Å². The highest BCUT2D eigenvalue weighted by molar-refractivity contribution is 5.29. The number of likely N-dealkylation sites (N-methyl/N-ethyl adjacent to an activating group) is 1. The molecule has 1 aromatic rings. The minimum absolute atomic E-state index is 0.256. The average molecular weight is 291 g/mol. The summed E-state index contributed by atoms with van der Waals surface area (Å²) in [4.78, 5) is 0. The predicted octanol–water partition coefficient (Wildman–Crippen LogP) is 3.94. The summed E-state index contributed by atoms with van der Waals surface area (Å²) >= 11 is 0. The van der Waals surface area contributed by atoms with Gasteiger partial charge in [0.05, 0.1) is 19.3 Å². The van der Waals surface area contributed by atoms with E-state index in [9.17, 15) is 0 Å². The molecule has 1 atom stereocenters. The maximum absolute atomic E-state index is 5.85. The van der Waals surface area contributed by atoms with Gasteiger partial charge in [0, 0.05) is 6.61 Å². The van der Waals surface area contributed by atoms with E-state index in [-0.39, 0.29) is 6.04 Å². The molecule has 0 bridgehead atoms. The fraction of sp³-hybridized carbons (Fsp3) is 0.667. The van der Waals surface area contributed by atoms with Crippen molar-refractivity contribution in [3.63, 3.8) is 0 Å². The summed E-state index contributed by atoms with van der Waals surface area (Å²) < 4.78 is 11.5. The monoisotopic (exact) mass is 291 g/mol. The summed E-state index contributed by atoms with van der Waals surface area (Å²) in [6, 6.07) is 8.60. The maximum atomic E-state index is 5.85. The Bertz CT molecular complexity index is 387. The summed E-state index contributed by atoms with van der Waals surface area (Å²) in [7, 11) is 1.99. The molecule has 0 spiro atoms. The molecule has 0 heterocycles. The summed E-state index contributed by atoms with van der Waals surface area (Å²) in [5.74, 6) is 1.87. The van der Waals surface area contributed by atoms with Crippen LogP contribution in [0.2, 0.25) is 0 Å². The molecule has 2 rings (SSSR count). The lowest BCUT2D eigenvalue weighted by Gasteiger charge is -2.25. The van der Waals surface area contributed by atoms with E-state index in [1.54, 1.807) is 0 Å². The van der Waals surface area contributed by atoms with Gasteiger partial charge in [0.2, 0.25) is 0 Å². The first-order valence-corrected chi connectivity index (χ1v) is 8.31. The van der Waals surface area contributed by atoms with Crippen LogP contribution in [-0.2, 0) is 4.74 Å². The second-order valence-electron chi connectivity index (χ2n) is 5.92. The fourth-order valence-electron chi connectivity index (χ4n) is 2.60. The van der Waals surface area contributed by atoms with Gasteiger partial charge in [0.15, 0.2) is 0 Å². The van der Waals surface area contributed by atoms with Crippen LogP contribution < -0.4 is 10.1 Å². The largest absolute Gasteiger partial charge is 0.494 e. The fourth-order valence-corrected chi connectivity index (χ4v) is 2.60. The van der Waals surface area contributed by atoms with Crippen LogP contribution in [-0.4, -0.2) is 26.9 Å². The van der Waals surface area contributed by atoms with Crippen molar-refractivity contribution >= 4 is 0 Å². The standard InChI is InChI=1S/C18H29NO2/c1-3-12-21-17-9-7-16(8-10-17)18(19-2)14-20-13-11-15-5-4-6-15/h7-10,15,18-19H,3-6,11-14H2,1-2H3. The summed E-state index contributed by atoms with van der Waals surface area (Å²) in [6.07, 6.45) is 6.47. The van der Waals surface area contributed by atoms with Crippen molar-refractivity contribution in [3.05, 3.63) is 29.8 Å². The molecule has 21 heavy (non-hydrogen) atoms. The molecule has 1 fully saturated rings. The third kappa shape index (κ3) is 5.33. The van der Waals surface area contributed by atoms with Crippen molar-refractivity contribution < 1.29 is 9.47 Å². The van der Waals surface area contributed by atoms with Crippen LogP contribution >= 0.6 is 0 Å². The van der Waals surface area contributed by atoms with Crippen LogP contribution in [0.3, 0.4) is 0 Å². The highest BCUT2D eigenvalue weighted by atomic mass is 16.5. The van der Waals surface area contributed by atoms with Crippen LogP contribution in [0.1, 0.15) is 50.6 Å². The minimum Gasteiger partial charge on any atom is -0.494 e. The van der Waals surface area contributed by atoms with Gasteiger partial charge >= 0.3 is 0 Å². The van der Waals surface area contributed by atoms with Crippen molar-refractivity contribution in [2.24, 2.45) is 5.92 Å². The lowest BCUT2D eigenvalue weighted by atomic mass is 9.83. The molecule has 3 heteroatoms. The zero-order valence-corrected chi connectivity index (χ0v) is 13.4. The van der Waals surface area contributed by atoms with Gasteiger partial charge in [-0.2, -0.15) is 0 Å². The Morgan fingerprint density at radius 1 is 1.19 bits per heavy atom.